The molecule has 0 aromatic heterocycles. The average Bonchev–Trinajstić information content (AvgIpc) is 3.08. The Morgan fingerprint density at radius 3 is 2.81 bits per heavy atom. The Bertz CT molecular complexity index is 770. The van der Waals surface area contributed by atoms with Crippen molar-refractivity contribution in [3.8, 4) is 0 Å². The molecule has 1 aromatic rings. The number of aliphatic carboxylic acids is 1. The molecule has 0 saturated carbocycles. The van der Waals surface area contributed by atoms with Crippen LogP contribution in [0.5, 0.6) is 0 Å². The summed E-state index contributed by atoms with van der Waals surface area (Å²) in [7, 11) is 1.47. The van der Waals surface area contributed by atoms with Gasteiger partial charge in [0.05, 0.1) is 12.6 Å². The second kappa shape index (κ2) is 11.8. The standard InChI is InChI=1S/C22H29F2NO6/c1-30-14-16-7-6-8-17(13-16)22(23,24)19(26)11-10-18-15-31-21(29)25(18)12-5-3-2-4-9-20(27)28/h6-8,10-11,13,18-19,26H,2-5,9,12,14-15H2,1H3,(H,27,28)/b11-10+. The van der Waals surface area contributed by atoms with Gasteiger partial charge in [0, 0.05) is 25.6 Å². The van der Waals surface area contributed by atoms with Crippen LogP contribution in [0.1, 0.15) is 43.2 Å². The summed E-state index contributed by atoms with van der Waals surface area (Å²) in [6, 6.07) is 5.13. The third-order valence-corrected chi connectivity index (χ3v) is 5.06. The lowest BCUT2D eigenvalue weighted by Crippen LogP contribution is -2.34. The van der Waals surface area contributed by atoms with Gasteiger partial charge in [-0.25, -0.2) is 4.79 Å². The molecule has 2 rings (SSSR count). The van der Waals surface area contributed by atoms with E-state index in [-0.39, 0.29) is 25.2 Å². The number of nitrogens with zero attached hydrogens (tertiary/aromatic N) is 1. The molecule has 1 fully saturated rings. The summed E-state index contributed by atoms with van der Waals surface area (Å²) in [4.78, 5) is 23.9. The first-order valence-electron chi connectivity index (χ1n) is 10.2. The third kappa shape index (κ3) is 7.29. The van der Waals surface area contributed by atoms with Crippen molar-refractivity contribution in [1.29, 1.82) is 0 Å². The molecule has 1 amide bonds. The molecule has 2 atom stereocenters. The van der Waals surface area contributed by atoms with E-state index in [1.807, 2.05) is 0 Å². The molecular formula is C22H29F2NO6. The van der Waals surface area contributed by atoms with Gasteiger partial charge in [0.15, 0.2) is 0 Å². The Hall–Kier alpha value is -2.52. The number of ether oxygens (including phenoxy) is 2. The Labute approximate surface area is 180 Å². The van der Waals surface area contributed by atoms with Crippen LogP contribution in [0.25, 0.3) is 0 Å². The lowest BCUT2D eigenvalue weighted by atomic mass is 10.00. The molecule has 9 heteroatoms. The highest BCUT2D eigenvalue weighted by Gasteiger charge is 2.39. The largest absolute Gasteiger partial charge is 0.481 e. The van der Waals surface area contributed by atoms with Gasteiger partial charge >= 0.3 is 18.0 Å². The van der Waals surface area contributed by atoms with Gasteiger partial charge in [0.25, 0.3) is 0 Å². The van der Waals surface area contributed by atoms with Crippen molar-refractivity contribution < 1.29 is 38.1 Å². The van der Waals surface area contributed by atoms with E-state index in [1.165, 1.54) is 36.3 Å². The van der Waals surface area contributed by atoms with E-state index in [1.54, 1.807) is 6.07 Å². The zero-order valence-electron chi connectivity index (χ0n) is 17.5. The summed E-state index contributed by atoms with van der Waals surface area (Å²) in [6.07, 6.45) is 2.54. The molecule has 0 radical (unpaired) electrons. The number of hydrogen-bond acceptors (Lipinski definition) is 5. The van der Waals surface area contributed by atoms with Gasteiger partial charge in [-0.3, -0.25) is 9.69 Å². The molecule has 1 aliphatic rings. The van der Waals surface area contributed by atoms with Crippen LogP contribution in [0.15, 0.2) is 36.4 Å². The number of carbonyl (C=O) groups excluding carboxylic acids is 1. The van der Waals surface area contributed by atoms with Crippen molar-refractivity contribution in [3.63, 3.8) is 0 Å². The number of unbranched alkanes of at least 4 members (excludes halogenated alkanes) is 3. The van der Waals surface area contributed by atoms with Crippen molar-refractivity contribution in [1.82, 2.24) is 4.90 Å². The number of carboxylic acids is 1. The Morgan fingerprint density at radius 1 is 1.35 bits per heavy atom. The predicted molar refractivity (Wildman–Crippen MR) is 109 cm³/mol. The molecule has 1 saturated heterocycles. The maximum absolute atomic E-state index is 14.7. The first-order valence-corrected chi connectivity index (χ1v) is 10.2. The molecule has 1 aromatic carbocycles. The summed E-state index contributed by atoms with van der Waals surface area (Å²) in [6.45, 7) is 0.574. The maximum atomic E-state index is 14.7. The molecule has 1 aliphatic heterocycles. The molecule has 31 heavy (non-hydrogen) atoms. The first kappa shape index (κ1) is 24.7. The second-order valence-corrected chi connectivity index (χ2v) is 7.48. The number of carboxylic acid groups (broad SMARTS) is 1. The van der Waals surface area contributed by atoms with Crippen LogP contribution in [0.4, 0.5) is 13.6 Å². The van der Waals surface area contributed by atoms with Gasteiger partial charge in [-0.1, -0.05) is 43.2 Å². The van der Waals surface area contributed by atoms with E-state index in [2.05, 4.69) is 0 Å². The topological polar surface area (TPSA) is 96.3 Å². The predicted octanol–water partition coefficient (Wildman–Crippen LogP) is 3.70. The quantitative estimate of drug-likeness (QED) is 0.358. The number of hydrogen-bond donors (Lipinski definition) is 2. The van der Waals surface area contributed by atoms with Gasteiger partial charge in [-0.2, -0.15) is 8.78 Å². The van der Waals surface area contributed by atoms with Crippen molar-refractivity contribution in [3.05, 3.63) is 47.5 Å². The molecule has 172 valence electrons. The molecule has 0 aliphatic carbocycles. The van der Waals surface area contributed by atoms with Crippen LogP contribution >= 0.6 is 0 Å². The summed E-state index contributed by atoms with van der Waals surface area (Å²) in [5, 5.41) is 18.7. The SMILES string of the molecule is COCc1cccc(C(F)(F)C(O)/C=C/C2COC(=O)N2CCCCCCC(=O)O)c1. The maximum Gasteiger partial charge on any atom is 0.410 e. The van der Waals surface area contributed by atoms with Crippen molar-refractivity contribution in [2.24, 2.45) is 0 Å². The Balaban J connectivity index is 1.93. The first-order chi connectivity index (χ1) is 14.8. The van der Waals surface area contributed by atoms with Gasteiger partial charge in [0.1, 0.15) is 12.7 Å². The smallest absolute Gasteiger partial charge is 0.410 e. The Morgan fingerprint density at radius 2 is 2.10 bits per heavy atom. The number of methoxy groups -OCH3 is 1. The number of rotatable bonds is 13. The summed E-state index contributed by atoms with van der Waals surface area (Å²) >= 11 is 0. The van der Waals surface area contributed by atoms with Crippen molar-refractivity contribution in [2.45, 2.75) is 56.8 Å². The fraction of sp³-hybridized carbons (Fsp3) is 0.545. The molecule has 1 heterocycles. The molecule has 0 bridgehead atoms. The third-order valence-electron chi connectivity index (χ3n) is 5.06. The van der Waals surface area contributed by atoms with Crippen LogP contribution < -0.4 is 0 Å². The highest BCUT2D eigenvalue weighted by molar-refractivity contribution is 5.70. The summed E-state index contributed by atoms with van der Waals surface area (Å²) < 4.78 is 39.4. The fourth-order valence-corrected chi connectivity index (χ4v) is 3.35. The lowest BCUT2D eigenvalue weighted by Gasteiger charge is -2.22. The molecule has 0 spiro atoms. The van der Waals surface area contributed by atoms with E-state index in [0.29, 0.717) is 24.9 Å². The highest BCUT2D eigenvalue weighted by Crippen LogP contribution is 2.33. The van der Waals surface area contributed by atoms with E-state index in [9.17, 15) is 23.5 Å². The van der Waals surface area contributed by atoms with E-state index >= 15 is 0 Å². The fourth-order valence-electron chi connectivity index (χ4n) is 3.35. The monoisotopic (exact) mass is 441 g/mol. The van der Waals surface area contributed by atoms with Crippen LogP contribution in [-0.2, 0) is 26.8 Å². The number of cyclic esters (lactones) is 1. The minimum atomic E-state index is -3.52. The van der Waals surface area contributed by atoms with Gasteiger partial charge in [-0.15, -0.1) is 0 Å². The zero-order chi connectivity index (χ0) is 22.9. The number of benzene rings is 1. The van der Waals surface area contributed by atoms with Crippen LogP contribution in [0.3, 0.4) is 0 Å². The number of alkyl halides is 2. The summed E-state index contributed by atoms with van der Waals surface area (Å²) in [5.41, 5.74) is 0.247. The number of halogens is 2. The minimum Gasteiger partial charge on any atom is -0.481 e. The van der Waals surface area contributed by atoms with E-state index < -0.39 is 30.1 Å². The Kier molecular flexibility index (Phi) is 9.39. The second-order valence-electron chi connectivity index (χ2n) is 7.48. The number of amides is 1. The molecule has 2 N–H and O–H groups in total. The van der Waals surface area contributed by atoms with Crippen molar-refractivity contribution >= 4 is 12.1 Å². The number of aliphatic hydroxyl groups excluding tert-OH is 1. The van der Waals surface area contributed by atoms with Crippen LogP contribution in [0.2, 0.25) is 0 Å². The van der Waals surface area contributed by atoms with E-state index in [4.69, 9.17) is 14.6 Å². The average molecular weight is 441 g/mol. The summed E-state index contributed by atoms with van der Waals surface area (Å²) in [5.74, 6) is -4.35. The normalized spacial score (nSPS) is 17.9. The highest BCUT2D eigenvalue weighted by atomic mass is 19.3. The van der Waals surface area contributed by atoms with Crippen molar-refractivity contribution in [2.75, 3.05) is 20.3 Å². The van der Waals surface area contributed by atoms with Crippen LogP contribution in [0, 0.1) is 0 Å². The number of aliphatic hydroxyl groups is 1. The minimum absolute atomic E-state index is 0.0238. The van der Waals surface area contributed by atoms with Gasteiger partial charge in [-0.05, 0) is 24.5 Å². The molecule has 7 nitrogen and oxygen atoms in total. The zero-order valence-corrected chi connectivity index (χ0v) is 17.5. The van der Waals surface area contributed by atoms with Gasteiger partial charge < -0.3 is 19.7 Å². The van der Waals surface area contributed by atoms with Gasteiger partial charge in [0.2, 0.25) is 0 Å². The van der Waals surface area contributed by atoms with E-state index in [0.717, 1.165) is 18.9 Å². The van der Waals surface area contributed by atoms with Crippen LogP contribution in [-0.4, -0.2) is 59.6 Å². The molecule has 2 unspecified atom stereocenters. The number of carbonyl (C=O) groups is 2. The lowest BCUT2D eigenvalue weighted by molar-refractivity contribution is -0.137. The molecular weight excluding hydrogens is 412 g/mol.